The molecular formula is C27H21NO5. The van der Waals surface area contributed by atoms with Crippen molar-refractivity contribution in [1.82, 2.24) is 0 Å². The standard InChI is InChI=1S/C27H21NO5/c1-15-4-13-22-21(14-15)25(30)23-24(18-7-11-20(32-3)12-8-18)28(27(31)26(23)33-22)19-9-5-17(6-10-19)16(2)29/h4-14,24H,1-3H3. The highest BCUT2D eigenvalue weighted by atomic mass is 16.5. The average Bonchev–Trinajstić information content (AvgIpc) is 3.12. The van der Waals surface area contributed by atoms with Crippen molar-refractivity contribution in [3.8, 4) is 5.75 Å². The second-order valence-corrected chi connectivity index (χ2v) is 8.13. The van der Waals surface area contributed by atoms with E-state index >= 15 is 0 Å². The Hall–Kier alpha value is -4.19. The number of fused-ring (bicyclic) bond motifs is 2. The Labute approximate surface area is 190 Å². The third-order valence-corrected chi connectivity index (χ3v) is 6.01. The first-order chi connectivity index (χ1) is 15.9. The molecule has 6 heteroatoms. The average molecular weight is 439 g/mol. The van der Waals surface area contributed by atoms with Crippen LogP contribution in [0.5, 0.6) is 5.75 Å². The van der Waals surface area contributed by atoms with E-state index in [0.717, 1.165) is 11.1 Å². The van der Waals surface area contributed by atoms with Crippen LogP contribution in [0.3, 0.4) is 0 Å². The van der Waals surface area contributed by atoms with Crippen LogP contribution in [0, 0.1) is 6.92 Å². The number of methoxy groups -OCH3 is 1. The molecule has 0 fully saturated rings. The highest BCUT2D eigenvalue weighted by Gasteiger charge is 2.43. The van der Waals surface area contributed by atoms with Gasteiger partial charge >= 0.3 is 0 Å². The Kier molecular flexibility index (Phi) is 4.86. The van der Waals surface area contributed by atoms with Gasteiger partial charge in [-0.05, 0) is 67.9 Å². The molecule has 2 heterocycles. The summed E-state index contributed by atoms with van der Waals surface area (Å²) >= 11 is 0. The predicted octanol–water partition coefficient (Wildman–Crippen LogP) is 5.06. The Balaban J connectivity index is 1.76. The number of hydrogen-bond donors (Lipinski definition) is 0. The summed E-state index contributed by atoms with van der Waals surface area (Å²) in [6, 6.07) is 18.7. The van der Waals surface area contributed by atoms with Crippen molar-refractivity contribution in [3.63, 3.8) is 0 Å². The zero-order valence-corrected chi connectivity index (χ0v) is 18.4. The lowest BCUT2D eigenvalue weighted by Gasteiger charge is -2.25. The second-order valence-electron chi connectivity index (χ2n) is 8.13. The SMILES string of the molecule is COc1ccc(C2c3c(oc4ccc(C)cc4c3=O)C(=O)N2c2ccc(C(C)=O)cc2)cc1. The zero-order valence-electron chi connectivity index (χ0n) is 18.4. The number of carbonyl (C=O) groups excluding carboxylic acids is 2. The van der Waals surface area contributed by atoms with Crippen LogP contribution in [0.2, 0.25) is 0 Å². The molecule has 5 rings (SSSR count). The van der Waals surface area contributed by atoms with Gasteiger partial charge in [0.25, 0.3) is 5.91 Å². The van der Waals surface area contributed by atoms with Crippen LogP contribution in [0.15, 0.2) is 75.9 Å². The number of anilines is 1. The summed E-state index contributed by atoms with van der Waals surface area (Å²) in [6.07, 6.45) is 0. The lowest BCUT2D eigenvalue weighted by Crippen LogP contribution is -2.29. The van der Waals surface area contributed by atoms with Crippen molar-refractivity contribution < 1.29 is 18.7 Å². The Morgan fingerprint density at radius 2 is 1.67 bits per heavy atom. The summed E-state index contributed by atoms with van der Waals surface area (Å²) < 4.78 is 11.3. The van der Waals surface area contributed by atoms with E-state index in [0.29, 0.717) is 33.5 Å². The fourth-order valence-corrected chi connectivity index (χ4v) is 4.31. The van der Waals surface area contributed by atoms with Gasteiger partial charge in [-0.1, -0.05) is 23.8 Å². The molecule has 0 saturated carbocycles. The molecule has 0 bridgehead atoms. The van der Waals surface area contributed by atoms with Crippen LogP contribution in [-0.4, -0.2) is 18.8 Å². The van der Waals surface area contributed by atoms with Crippen LogP contribution >= 0.6 is 0 Å². The minimum absolute atomic E-state index is 0.0350. The van der Waals surface area contributed by atoms with Gasteiger partial charge in [0.2, 0.25) is 5.76 Å². The molecule has 0 N–H and O–H groups in total. The van der Waals surface area contributed by atoms with E-state index in [1.165, 1.54) is 6.92 Å². The summed E-state index contributed by atoms with van der Waals surface area (Å²) in [4.78, 5) is 40.5. The summed E-state index contributed by atoms with van der Waals surface area (Å²) in [7, 11) is 1.58. The van der Waals surface area contributed by atoms with Crippen molar-refractivity contribution in [3.05, 3.63) is 105 Å². The molecule has 0 radical (unpaired) electrons. The molecule has 1 unspecified atom stereocenters. The fraction of sp³-hybridized carbons (Fsp3) is 0.148. The summed E-state index contributed by atoms with van der Waals surface area (Å²) in [6.45, 7) is 3.39. The second kappa shape index (κ2) is 7.74. The topological polar surface area (TPSA) is 76.8 Å². The predicted molar refractivity (Wildman–Crippen MR) is 125 cm³/mol. The van der Waals surface area contributed by atoms with Crippen molar-refractivity contribution in [2.45, 2.75) is 19.9 Å². The number of amides is 1. The quantitative estimate of drug-likeness (QED) is 0.415. The molecule has 1 aliphatic heterocycles. The highest BCUT2D eigenvalue weighted by molar-refractivity contribution is 6.11. The number of rotatable bonds is 4. The molecule has 3 aromatic carbocycles. The molecule has 6 nitrogen and oxygen atoms in total. The summed E-state index contributed by atoms with van der Waals surface area (Å²) in [5, 5.41) is 0.439. The number of ether oxygens (including phenoxy) is 1. The van der Waals surface area contributed by atoms with Crippen LogP contribution in [0.4, 0.5) is 5.69 Å². The van der Waals surface area contributed by atoms with Gasteiger partial charge in [0.05, 0.1) is 24.1 Å². The van der Waals surface area contributed by atoms with Crippen LogP contribution in [0.25, 0.3) is 11.0 Å². The van der Waals surface area contributed by atoms with Gasteiger partial charge < -0.3 is 9.15 Å². The Morgan fingerprint density at radius 1 is 0.970 bits per heavy atom. The smallest absolute Gasteiger partial charge is 0.295 e. The van der Waals surface area contributed by atoms with Gasteiger partial charge in [0.15, 0.2) is 11.2 Å². The van der Waals surface area contributed by atoms with E-state index in [-0.39, 0.29) is 17.0 Å². The number of nitrogens with zero attached hydrogens (tertiary/aromatic N) is 1. The van der Waals surface area contributed by atoms with Crippen LogP contribution < -0.4 is 15.1 Å². The normalized spacial score (nSPS) is 15.1. The highest BCUT2D eigenvalue weighted by Crippen LogP contribution is 2.41. The maximum absolute atomic E-state index is 13.6. The van der Waals surface area contributed by atoms with Gasteiger partial charge in [-0.25, -0.2) is 0 Å². The van der Waals surface area contributed by atoms with E-state index in [1.807, 2.05) is 25.1 Å². The monoisotopic (exact) mass is 439 g/mol. The van der Waals surface area contributed by atoms with E-state index in [4.69, 9.17) is 9.15 Å². The molecular weight excluding hydrogens is 418 g/mol. The molecule has 1 atom stereocenters. The third kappa shape index (κ3) is 3.31. The number of hydrogen-bond acceptors (Lipinski definition) is 5. The number of aryl methyl sites for hydroxylation is 1. The van der Waals surface area contributed by atoms with Crippen LogP contribution in [-0.2, 0) is 0 Å². The first-order valence-corrected chi connectivity index (χ1v) is 10.5. The van der Waals surface area contributed by atoms with Gasteiger partial charge in [-0.15, -0.1) is 0 Å². The number of carbonyl (C=O) groups is 2. The molecule has 4 aromatic rings. The van der Waals surface area contributed by atoms with E-state index in [1.54, 1.807) is 60.5 Å². The molecule has 1 amide bonds. The molecule has 1 aromatic heterocycles. The van der Waals surface area contributed by atoms with Gasteiger partial charge in [0, 0.05) is 11.3 Å². The van der Waals surface area contributed by atoms with Gasteiger partial charge in [-0.3, -0.25) is 19.3 Å². The van der Waals surface area contributed by atoms with Crippen molar-refractivity contribution in [2.24, 2.45) is 0 Å². The first kappa shape index (κ1) is 20.7. The molecule has 0 aliphatic carbocycles. The summed E-state index contributed by atoms with van der Waals surface area (Å²) in [5.41, 5.74) is 3.23. The van der Waals surface area contributed by atoms with Crippen LogP contribution in [0.1, 0.15) is 50.6 Å². The maximum Gasteiger partial charge on any atom is 0.295 e. The molecule has 164 valence electrons. The van der Waals surface area contributed by atoms with Gasteiger partial charge in [-0.2, -0.15) is 0 Å². The Morgan fingerprint density at radius 3 is 2.30 bits per heavy atom. The van der Waals surface area contributed by atoms with Crippen molar-refractivity contribution >= 4 is 28.3 Å². The fourth-order valence-electron chi connectivity index (χ4n) is 4.31. The molecule has 0 saturated heterocycles. The maximum atomic E-state index is 13.6. The number of Topliss-reactive ketones (excluding diaryl/α,β-unsaturated/α-hetero) is 1. The van der Waals surface area contributed by atoms with E-state index < -0.39 is 11.9 Å². The molecule has 33 heavy (non-hydrogen) atoms. The number of ketones is 1. The van der Waals surface area contributed by atoms with E-state index in [9.17, 15) is 14.4 Å². The van der Waals surface area contributed by atoms with Gasteiger partial charge in [0.1, 0.15) is 11.3 Å². The van der Waals surface area contributed by atoms with Crippen molar-refractivity contribution in [1.29, 1.82) is 0 Å². The summed E-state index contributed by atoms with van der Waals surface area (Å²) in [5.74, 6) is 0.235. The third-order valence-electron chi connectivity index (χ3n) is 6.01. The lowest BCUT2D eigenvalue weighted by atomic mass is 9.97. The molecule has 0 spiro atoms. The minimum atomic E-state index is -0.678. The largest absolute Gasteiger partial charge is 0.497 e. The zero-order chi connectivity index (χ0) is 23.3. The Bertz CT molecular complexity index is 1470. The molecule has 1 aliphatic rings. The van der Waals surface area contributed by atoms with Crippen molar-refractivity contribution in [2.75, 3.05) is 12.0 Å². The number of benzene rings is 3. The first-order valence-electron chi connectivity index (χ1n) is 10.5. The minimum Gasteiger partial charge on any atom is -0.497 e. The lowest BCUT2D eigenvalue weighted by molar-refractivity contribution is 0.0970. The van der Waals surface area contributed by atoms with E-state index in [2.05, 4.69) is 0 Å².